The van der Waals surface area contributed by atoms with E-state index < -0.39 is 0 Å². The molecule has 0 aliphatic rings. The van der Waals surface area contributed by atoms with Crippen LogP contribution in [-0.4, -0.2) is 26.8 Å². The van der Waals surface area contributed by atoms with Crippen molar-refractivity contribution in [2.75, 3.05) is 26.8 Å². The molecule has 0 amide bonds. The van der Waals surface area contributed by atoms with Crippen LogP contribution in [0.3, 0.4) is 0 Å². The summed E-state index contributed by atoms with van der Waals surface area (Å²) in [4.78, 5) is 0. The molecule has 0 saturated heterocycles. The second-order valence-corrected chi connectivity index (χ2v) is 4.90. The first-order chi connectivity index (χ1) is 9.24. The summed E-state index contributed by atoms with van der Waals surface area (Å²) in [6.45, 7) is 6.65. The molecule has 1 aromatic rings. The molecule has 1 unspecified atom stereocenters. The summed E-state index contributed by atoms with van der Waals surface area (Å²) >= 11 is 0. The summed E-state index contributed by atoms with van der Waals surface area (Å²) < 4.78 is 19.0. The molecule has 0 heterocycles. The number of ether oxygens (including phenoxy) is 1. The van der Waals surface area contributed by atoms with Gasteiger partial charge in [0.05, 0.1) is 6.61 Å². The van der Waals surface area contributed by atoms with Crippen LogP contribution in [0.25, 0.3) is 0 Å². The molecule has 0 fully saturated rings. The molecule has 0 aromatic heterocycles. The highest BCUT2D eigenvalue weighted by molar-refractivity contribution is 5.23. The largest absolute Gasteiger partial charge is 0.383 e. The minimum Gasteiger partial charge on any atom is -0.383 e. The van der Waals surface area contributed by atoms with E-state index in [1.54, 1.807) is 19.2 Å². The number of hydrogen-bond acceptors (Lipinski definition) is 2. The maximum Gasteiger partial charge on any atom is 0.126 e. The molecule has 0 spiro atoms. The van der Waals surface area contributed by atoms with Gasteiger partial charge in [0, 0.05) is 26.1 Å². The molecule has 0 aliphatic heterocycles. The van der Waals surface area contributed by atoms with Gasteiger partial charge in [0.1, 0.15) is 5.82 Å². The lowest BCUT2D eigenvalue weighted by Gasteiger charge is -2.26. The van der Waals surface area contributed by atoms with Gasteiger partial charge in [-0.05, 0) is 17.5 Å². The van der Waals surface area contributed by atoms with Gasteiger partial charge in [0.25, 0.3) is 0 Å². The molecule has 19 heavy (non-hydrogen) atoms. The van der Waals surface area contributed by atoms with Gasteiger partial charge in [0.2, 0.25) is 0 Å². The third-order valence-corrected chi connectivity index (χ3v) is 3.77. The summed E-state index contributed by atoms with van der Waals surface area (Å²) in [6.07, 6.45) is 2.14. The van der Waals surface area contributed by atoms with Crippen molar-refractivity contribution in [1.82, 2.24) is 5.32 Å². The van der Waals surface area contributed by atoms with Gasteiger partial charge in [-0.2, -0.15) is 0 Å². The molecule has 1 atom stereocenters. The molecular formula is C16H26FNO. The summed E-state index contributed by atoms with van der Waals surface area (Å²) in [6, 6.07) is 7.14. The minimum absolute atomic E-state index is 0.0899. The first kappa shape index (κ1) is 16.1. The number of benzene rings is 1. The Morgan fingerprint density at radius 3 is 2.47 bits per heavy atom. The topological polar surface area (TPSA) is 21.3 Å². The Hall–Kier alpha value is -0.930. The second-order valence-electron chi connectivity index (χ2n) is 4.90. The van der Waals surface area contributed by atoms with Crippen LogP contribution in [0.2, 0.25) is 0 Å². The van der Waals surface area contributed by atoms with E-state index in [0.717, 1.165) is 31.5 Å². The highest BCUT2D eigenvalue weighted by atomic mass is 19.1. The van der Waals surface area contributed by atoms with Crippen molar-refractivity contribution in [3.63, 3.8) is 0 Å². The summed E-state index contributed by atoms with van der Waals surface area (Å²) in [5.74, 6) is 0.646. The zero-order valence-corrected chi connectivity index (χ0v) is 12.3. The SMILES string of the molecule is CCC(CC)C(CNCCOC)c1ccccc1F. The van der Waals surface area contributed by atoms with Crippen LogP contribution in [0.5, 0.6) is 0 Å². The fourth-order valence-electron chi connectivity index (χ4n) is 2.60. The average Bonchev–Trinajstić information content (AvgIpc) is 2.43. The predicted molar refractivity (Wildman–Crippen MR) is 78.0 cm³/mol. The zero-order valence-electron chi connectivity index (χ0n) is 12.3. The Balaban J connectivity index is 2.77. The summed E-state index contributed by atoms with van der Waals surface area (Å²) in [7, 11) is 1.69. The van der Waals surface area contributed by atoms with Crippen LogP contribution in [0.4, 0.5) is 4.39 Å². The van der Waals surface area contributed by atoms with Crippen molar-refractivity contribution >= 4 is 0 Å². The molecule has 0 bridgehead atoms. The second kappa shape index (κ2) is 9.05. The number of hydrogen-bond donors (Lipinski definition) is 1. The fraction of sp³-hybridized carbons (Fsp3) is 0.625. The van der Waals surface area contributed by atoms with Gasteiger partial charge in [-0.15, -0.1) is 0 Å². The quantitative estimate of drug-likeness (QED) is 0.690. The number of rotatable bonds is 9. The molecule has 3 heteroatoms. The van der Waals surface area contributed by atoms with Crippen molar-refractivity contribution in [2.45, 2.75) is 32.6 Å². The average molecular weight is 267 g/mol. The Kier molecular flexibility index (Phi) is 7.68. The molecule has 2 nitrogen and oxygen atoms in total. The maximum atomic E-state index is 14.0. The molecule has 0 saturated carbocycles. The maximum absolute atomic E-state index is 14.0. The Bertz CT molecular complexity index is 352. The number of halogens is 1. The monoisotopic (exact) mass is 267 g/mol. The van der Waals surface area contributed by atoms with Crippen LogP contribution >= 0.6 is 0 Å². The van der Waals surface area contributed by atoms with Crippen molar-refractivity contribution in [2.24, 2.45) is 5.92 Å². The van der Waals surface area contributed by atoms with E-state index in [1.165, 1.54) is 0 Å². The number of methoxy groups -OCH3 is 1. The highest BCUT2D eigenvalue weighted by Crippen LogP contribution is 2.30. The van der Waals surface area contributed by atoms with Gasteiger partial charge in [-0.3, -0.25) is 0 Å². The fourth-order valence-corrected chi connectivity index (χ4v) is 2.60. The highest BCUT2D eigenvalue weighted by Gasteiger charge is 2.22. The third-order valence-electron chi connectivity index (χ3n) is 3.77. The lowest BCUT2D eigenvalue weighted by Crippen LogP contribution is -2.29. The molecule has 1 aromatic carbocycles. The van der Waals surface area contributed by atoms with Gasteiger partial charge >= 0.3 is 0 Å². The van der Waals surface area contributed by atoms with Gasteiger partial charge in [0.15, 0.2) is 0 Å². The Morgan fingerprint density at radius 2 is 1.89 bits per heavy atom. The first-order valence-corrected chi connectivity index (χ1v) is 7.18. The van der Waals surface area contributed by atoms with Crippen molar-refractivity contribution < 1.29 is 9.13 Å². The van der Waals surface area contributed by atoms with Crippen LogP contribution in [-0.2, 0) is 4.74 Å². The minimum atomic E-state index is -0.0899. The van der Waals surface area contributed by atoms with Gasteiger partial charge in [-0.1, -0.05) is 44.9 Å². The van der Waals surface area contributed by atoms with E-state index in [-0.39, 0.29) is 11.7 Å². The van der Waals surface area contributed by atoms with Crippen LogP contribution in [0, 0.1) is 11.7 Å². The van der Waals surface area contributed by atoms with E-state index in [1.807, 2.05) is 12.1 Å². The Labute approximate surface area is 116 Å². The molecule has 1 rings (SSSR count). The van der Waals surface area contributed by atoms with Gasteiger partial charge in [-0.25, -0.2) is 4.39 Å². The lowest BCUT2D eigenvalue weighted by atomic mass is 9.82. The van der Waals surface area contributed by atoms with Crippen molar-refractivity contribution in [1.29, 1.82) is 0 Å². The standard InChI is InChI=1S/C16H26FNO/c1-4-13(5-2)15(12-18-10-11-19-3)14-8-6-7-9-16(14)17/h6-9,13,15,18H,4-5,10-12H2,1-3H3. The summed E-state index contributed by atoms with van der Waals surface area (Å²) in [5, 5.41) is 3.37. The lowest BCUT2D eigenvalue weighted by molar-refractivity contribution is 0.197. The molecule has 0 aliphatic carbocycles. The van der Waals surface area contributed by atoms with Crippen molar-refractivity contribution in [3.05, 3.63) is 35.6 Å². The van der Waals surface area contributed by atoms with Crippen LogP contribution in [0.15, 0.2) is 24.3 Å². The van der Waals surface area contributed by atoms with Crippen LogP contribution in [0.1, 0.15) is 38.2 Å². The van der Waals surface area contributed by atoms with E-state index in [4.69, 9.17) is 4.74 Å². The smallest absolute Gasteiger partial charge is 0.126 e. The summed E-state index contributed by atoms with van der Waals surface area (Å²) in [5.41, 5.74) is 0.834. The first-order valence-electron chi connectivity index (χ1n) is 7.18. The molecule has 0 radical (unpaired) electrons. The number of nitrogens with one attached hydrogen (secondary N) is 1. The molecule has 1 N–H and O–H groups in total. The van der Waals surface area contributed by atoms with Gasteiger partial charge < -0.3 is 10.1 Å². The molecule has 108 valence electrons. The molecular weight excluding hydrogens is 241 g/mol. The van der Waals surface area contributed by atoms with E-state index in [9.17, 15) is 4.39 Å². The normalized spacial score (nSPS) is 12.9. The van der Waals surface area contributed by atoms with E-state index in [0.29, 0.717) is 12.5 Å². The third kappa shape index (κ3) is 4.92. The Morgan fingerprint density at radius 1 is 1.21 bits per heavy atom. The zero-order chi connectivity index (χ0) is 14.1. The van der Waals surface area contributed by atoms with Crippen molar-refractivity contribution in [3.8, 4) is 0 Å². The van der Waals surface area contributed by atoms with E-state index >= 15 is 0 Å². The van der Waals surface area contributed by atoms with Crippen LogP contribution < -0.4 is 5.32 Å². The predicted octanol–water partition coefficient (Wildman–Crippen LogP) is 3.58. The van der Waals surface area contributed by atoms with E-state index in [2.05, 4.69) is 19.2 Å².